The molecule has 0 radical (unpaired) electrons. The summed E-state index contributed by atoms with van der Waals surface area (Å²) < 4.78 is 23.0. The lowest BCUT2D eigenvalue weighted by molar-refractivity contribution is -0.166. The van der Waals surface area contributed by atoms with E-state index in [-0.39, 0.29) is 36.9 Å². The van der Waals surface area contributed by atoms with Crippen molar-refractivity contribution in [3.8, 4) is 11.5 Å². The van der Waals surface area contributed by atoms with E-state index in [9.17, 15) is 9.90 Å². The van der Waals surface area contributed by atoms with Crippen LogP contribution >= 0.6 is 0 Å². The zero-order valence-electron chi connectivity index (χ0n) is 18.9. The number of aliphatic hydroxyl groups excluding tert-OH is 1. The van der Waals surface area contributed by atoms with E-state index in [0.29, 0.717) is 37.5 Å². The van der Waals surface area contributed by atoms with Gasteiger partial charge >= 0.3 is 0 Å². The Bertz CT molecular complexity index is 961. The van der Waals surface area contributed by atoms with Gasteiger partial charge in [-0.3, -0.25) is 4.79 Å². The van der Waals surface area contributed by atoms with Crippen LogP contribution in [0.3, 0.4) is 0 Å². The van der Waals surface area contributed by atoms with Crippen molar-refractivity contribution in [1.82, 2.24) is 5.32 Å². The molecule has 7 nitrogen and oxygen atoms in total. The number of amides is 1. The first kappa shape index (κ1) is 23.1. The Labute approximate surface area is 194 Å². The predicted molar refractivity (Wildman–Crippen MR) is 123 cm³/mol. The molecule has 0 saturated carbocycles. The molecule has 2 N–H and O–H groups in total. The van der Waals surface area contributed by atoms with Gasteiger partial charge < -0.3 is 29.4 Å². The Kier molecular flexibility index (Phi) is 7.86. The summed E-state index contributed by atoms with van der Waals surface area (Å²) in [7, 11) is 0. The summed E-state index contributed by atoms with van der Waals surface area (Å²) in [5, 5.41) is 12.4. The SMILES string of the molecule is CCO[C@@H]1OC(C(=O)NCCc2ccccc2)=C[C@H](c2ccc3c(c2)OCO3)[C@H]1CCCO. The topological polar surface area (TPSA) is 86.3 Å². The number of benzene rings is 2. The highest BCUT2D eigenvalue weighted by Gasteiger charge is 2.38. The Balaban J connectivity index is 1.55. The van der Waals surface area contributed by atoms with E-state index >= 15 is 0 Å². The van der Waals surface area contributed by atoms with Crippen molar-refractivity contribution < 1.29 is 28.8 Å². The van der Waals surface area contributed by atoms with Gasteiger partial charge in [-0.25, -0.2) is 0 Å². The normalized spacial score (nSPS) is 21.3. The predicted octanol–water partition coefficient (Wildman–Crippen LogP) is 3.52. The van der Waals surface area contributed by atoms with E-state index < -0.39 is 6.29 Å². The van der Waals surface area contributed by atoms with Crippen molar-refractivity contribution >= 4 is 5.91 Å². The molecule has 0 spiro atoms. The lowest BCUT2D eigenvalue weighted by Crippen LogP contribution is -2.39. The number of hydrogen-bond donors (Lipinski definition) is 2. The first-order valence-corrected chi connectivity index (χ1v) is 11.5. The van der Waals surface area contributed by atoms with Gasteiger partial charge in [-0.1, -0.05) is 36.4 Å². The first-order chi connectivity index (χ1) is 16.2. The molecule has 0 aromatic heterocycles. The number of carbonyl (C=O) groups excluding carboxylic acids is 1. The molecular weight excluding hydrogens is 422 g/mol. The fourth-order valence-corrected chi connectivity index (χ4v) is 4.32. The van der Waals surface area contributed by atoms with Crippen LogP contribution in [0.25, 0.3) is 0 Å². The van der Waals surface area contributed by atoms with Crippen molar-refractivity contribution in [1.29, 1.82) is 0 Å². The molecule has 33 heavy (non-hydrogen) atoms. The maximum Gasteiger partial charge on any atom is 0.286 e. The molecule has 2 aromatic carbocycles. The Morgan fingerprint density at radius 3 is 2.76 bits per heavy atom. The number of hydrogen-bond acceptors (Lipinski definition) is 6. The van der Waals surface area contributed by atoms with E-state index in [2.05, 4.69) is 5.32 Å². The van der Waals surface area contributed by atoms with E-state index in [4.69, 9.17) is 18.9 Å². The molecule has 2 aliphatic rings. The van der Waals surface area contributed by atoms with Crippen molar-refractivity contribution in [2.75, 3.05) is 26.6 Å². The molecule has 4 rings (SSSR count). The number of nitrogens with one attached hydrogen (secondary N) is 1. The molecule has 0 unspecified atom stereocenters. The monoisotopic (exact) mass is 453 g/mol. The summed E-state index contributed by atoms with van der Waals surface area (Å²) in [6.07, 6.45) is 3.33. The molecular formula is C26H31NO6. The lowest BCUT2D eigenvalue weighted by atomic mass is 9.80. The minimum absolute atomic E-state index is 0.0571. The first-order valence-electron chi connectivity index (χ1n) is 11.5. The van der Waals surface area contributed by atoms with Crippen LogP contribution in [-0.4, -0.2) is 43.9 Å². The minimum atomic E-state index is -0.586. The standard InChI is InChI=1S/C26H31NO6/c1-2-30-26-20(9-6-14-28)21(19-10-11-22-23(15-19)32-17-31-22)16-24(33-26)25(29)27-13-12-18-7-4-3-5-8-18/h3-5,7-8,10-11,15-16,20-21,26,28H,2,6,9,12-14,17H2,1H3,(H,27,29)/t20-,21-,26-/m1/s1. The summed E-state index contributed by atoms with van der Waals surface area (Å²) in [6, 6.07) is 15.8. The zero-order chi connectivity index (χ0) is 23.0. The highest BCUT2D eigenvalue weighted by Crippen LogP contribution is 2.42. The van der Waals surface area contributed by atoms with E-state index in [1.807, 2.05) is 61.5 Å². The summed E-state index contributed by atoms with van der Waals surface area (Å²) in [6.45, 7) is 3.15. The van der Waals surface area contributed by atoms with E-state index in [1.165, 1.54) is 0 Å². The highest BCUT2D eigenvalue weighted by atomic mass is 16.7. The molecule has 0 bridgehead atoms. The second-order valence-corrected chi connectivity index (χ2v) is 8.13. The minimum Gasteiger partial charge on any atom is -0.459 e. The van der Waals surface area contributed by atoms with Gasteiger partial charge in [0.1, 0.15) is 0 Å². The molecule has 2 aliphatic heterocycles. The molecule has 1 amide bonds. The number of rotatable bonds is 10. The Morgan fingerprint density at radius 2 is 1.97 bits per heavy atom. The summed E-state index contributed by atoms with van der Waals surface area (Å²) in [5.41, 5.74) is 2.15. The molecule has 0 aliphatic carbocycles. The van der Waals surface area contributed by atoms with Gasteiger partial charge in [0.2, 0.25) is 13.1 Å². The van der Waals surface area contributed by atoms with Crippen LogP contribution in [0.5, 0.6) is 11.5 Å². The van der Waals surface area contributed by atoms with Gasteiger partial charge in [0.15, 0.2) is 17.3 Å². The van der Waals surface area contributed by atoms with Gasteiger partial charge in [-0.15, -0.1) is 0 Å². The Hall–Kier alpha value is -3.03. The van der Waals surface area contributed by atoms with Crippen LogP contribution in [0.1, 0.15) is 36.8 Å². The number of ether oxygens (including phenoxy) is 4. The zero-order valence-corrected chi connectivity index (χ0v) is 18.9. The van der Waals surface area contributed by atoms with Crippen molar-refractivity contribution in [3.63, 3.8) is 0 Å². The van der Waals surface area contributed by atoms with E-state index in [0.717, 1.165) is 17.5 Å². The van der Waals surface area contributed by atoms with Crippen LogP contribution < -0.4 is 14.8 Å². The van der Waals surface area contributed by atoms with Gasteiger partial charge in [0, 0.05) is 31.6 Å². The van der Waals surface area contributed by atoms with Crippen LogP contribution in [0, 0.1) is 5.92 Å². The number of aliphatic hydroxyl groups is 1. The van der Waals surface area contributed by atoms with Gasteiger partial charge in [0.25, 0.3) is 5.91 Å². The number of fused-ring (bicyclic) bond motifs is 1. The van der Waals surface area contributed by atoms with Gasteiger partial charge in [-0.05, 0) is 55.5 Å². The lowest BCUT2D eigenvalue weighted by Gasteiger charge is -2.37. The van der Waals surface area contributed by atoms with Crippen LogP contribution in [0.4, 0.5) is 0 Å². The molecule has 3 atom stereocenters. The maximum absolute atomic E-state index is 13.0. The largest absolute Gasteiger partial charge is 0.459 e. The molecule has 2 heterocycles. The molecule has 2 aromatic rings. The second kappa shape index (κ2) is 11.2. The quantitative estimate of drug-likeness (QED) is 0.573. The van der Waals surface area contributed by atoms with Crippen molar-refractivity contribution in [2.24, 2.45) is 5.92 Å². The smallest absolute Gasteiger partial charge is 0.286 e. The summed E-state index contributed by atoms with van der Waals surface area (Å²) in [5.74, 6) is 1.20. The molecule has 0 fully saturated rings. The van der Waals surface area contributed by atoms with Crippen LogP contribution in [0.2, 0.25) is 0 Å². The summed E-state index contributed by atoms with van der Waals surface area (Å²) in [4.78, 5) is 13.0. The third-order valence-electron chi connectivity index (χ3n) is 5.96. The number of carbonyl (C=O) groups is 1. The molecule has 176 valence electrons. The third-order valence-corrected chi connectivity index (χ3v) is 5.96. The Morgan fingerprint density at radius 1 is 1.15 bits per heavy atom. The third kappa shape index (κ3) is 5.67. The maximum atomic E-state index is 13.0. The van der Waals surface area contributed by atoms with E-state index in [1.54, 1.807) is 0 Å². The highest BCUT2D eigenvalue weighted by molar-refractivity contribution is 5.91. The van der Waals surface area contributed by atoms with Crippen molar-refractivity contribution in [2.45, 2.75) is 38.4 Å². The average Bonchev–Trinajstić information content (AvgIpc) is 3.31. The summed E-state index contributed by atoms with van der Waals surface area (Å²) >= 11 is 0. The average molecular weight is 454 g/mol. The second-order valence-electron chi connectivity index (χ2n) is 8.13. The van der Waals surface area contributed by atoms with Gasteiger partial charge in [0.05, 0.1) is 0 Å². The fraction of sp³-hybridized carbons (Fsp3) is 0.423. The van der Waals surface area contributed by atoms with Crippen LogP contribution in [0.15, 0.2) is 60.4 Å². The van der Waals surface area contributed by atoms with Gasteiger partial charge in [-0.2, -0.15) is 0 Å². The molecule has 0 saturated heterocycles. The van der Waals surface area contributed by atoms with Crippen molar-refractivity contribution in [3.05, 3.63) is 71.5 Å². The number of allylic oxidation sites excluding steroid dienone is 1. The fourth-order valence-electron chi connectivity index (χ4n) is 4.32. The van der Waals surface area contributed by atoms with Crippen LogP contribution in [-0.2, 0) is 20.7 Å². The molecule has 7 heteroatoms.